The van der Waals surface area contributed by atoms with Crippen LogP contribution in [0.1, 0.15) is 44.6 Å². The number of nitrogens with zero attached hydrogens (tertiary/aromatic N) is 1. The average Bonchev–Trinajstić information content (AvgIpc) is 3.43. The van der Waals surface area contributed by atoms with E-state index in [1.165, 1.54) is 17.4 Å². The number of hydrogen-bond donors (Lipinski definition) is 1. The van der Waals surface area contributed by atoms with Gasteiger partial charge in [-0.25, -0.2) is 18.5 Å². The molecule has 150 valence electrons. The van der Waals surface area contributed by atoms with E-state index in [9.17, 15) is 18.0 Å². The normalized spacial score (nSPS) is 35.9. The molecule has 0 spiro atoms. The maximum atomic E-state index is 13.4. The molecule has 7 heteroatoms. The van der Waals surface area contributed by atoms with Crippen molar-refractivity contribution in [2.45, 2.75) is 50.3 Å². The van der Waals surface area contributed by atoms with Crippen molar-refractivity contribution >= 4 is 27.5 Å². The van der Waals surface area contributed by atoms with Crippen LogP contribution in [-0.4, -0.2) is 20.2 Å². The smallest absolute Gasteiger partial charge is 0.238 e. The molecule has 1 aromatic carbocycles. The molecule has 2 N–H and O–H groups in total. The van der Waals surface area contributed by atoms with Gasteiger partial charge in [-0.15, -0.1) is 0 Å². The van der Waals surface area contributed by atoms with Crippen molar-refractivity contribution in [1.82, 2.24) is 0 Å². The number of rotatable bonds is 5. The fourth-order valence-corrected chi connectivity index (χ4v) is 7.23. The monoisotopic (exact) mass is 402 g/mol. The molecule has 2 amide bonds. The van der Waals surface area contributed by atoms with Crippen molar-refractivity contribution in [2.75, 3.05) is 4.90 Å². The standard InChI is InChI=1S/C21H26N2O4S/c1-2-3-5-13-16(6-4-7-17(13)28(22,26)27)23-20(24)18-11-8-9-12(15-10-14(11)15)19(18)21(23)25/h4,6-7,11-12,14-15,18-19H,2-3,5,8-10H2,1H3,(H2,22,26,27). The van der Waals surface area contributed by atoms with Crippen LogP contribution in [0, 0.1) is 35.5 Å². The van der Waals surface area contributed by atoms with Crippen molar-refractivity contribution in [3.05, 3.63) is 23.8 Å². The highest BCUT2D eigenvalue weighted by Gasteiger charge is 2.68. The van der Waals surface area contributed by atoms with Crippen LogP contribution in [0.4, 0.5) is 5.69 Å². The molecule has 4 aliphatic carbocycles. The maximum absolute atomic E-state index is 13.4. The summed E-state index contributed by atoms with van der Waals surface area (Å²) in [7, 11) is -3.94. The average molecular weight is 403 g/mol. The minimum absolute atomic E-state index is 0.0275. The Hall–Kier alpha value is -1.73. The molecular formula is C21H26N2O4S. The topological polar surface area (TPSA) is 97.5 Å². The summed E-state index contributed by atoms with van der Waals surface area (Å²) < 4.78 is 24.3. The maximum Gasteiger partial charge on any atom is 0.238 e. The lowest BCUT2D eigenvalue weighted by Crippen LogP contribution is -2.43. The molecule has 4 saturated carbocycles. The first kappa shape index (κ1) is 18.3. The minimum atomic E-state index is -3.94. The van der Waals surface area contributed by atoms with Gasteiger partial charge in [0.05, 0.1) is 22.4 Å². The fraction of sp³-hybridized carbons (Fsp3) is 0.619. The Balaban J connectivity index is 1.60. The van der Waals surface area contributed by atoms with Crippen LogP contribution >= 0.6 is 0 Å². The molecule has 6 rings (SSSR count). The van der Waals surface area contributed by atoms with Gasteiger partial charge in [0.15, 0.2) is 0 Å². The van der Waals surface area contributed by atoms with Gasteiger partial charge in [-0.2, -0.15) is 0 Å². The molecule has 0 aromatic heterocycles. The largest absolute Gasteiger partial charge is 0.274 e. The summed E-state index contributed by atoms with van der Waals surface area (Å²) in [4.78, 5) is 28.2. The first-order valence-corrected chi connectivity index (χ1v) is 11.9. The van der Waals surface area contributed by atoms with E-state index in [0.29, 0.717) is 41.3 Å². The molecule has 0 radical (unpaired) electrons. The predicted molar refractivity (Wildman–Crippen MR) is 104 cm³/mol. The van der Waals surface area contributed by atoms with E-state index in [4.69, 9.17) is 5.14 Å². The second-order valence-corrected chi connectivity index (χ2v) is 10.5. The molecule has 1 aliphatic heterocycles. The number of carbonyl (C=O) groups excluding carboxylic acids is 2. The third-order valence-electron chi connectivity index (χ3n) is 7.58. The number of imide groups is 1. The van der Waals surface area contributed by atoms with Gasteiger partial charge in [0, 0.05) is 0 Å². The van der Waals surface area contributed by atoms with Crippen molar-refractivity contribution < 1.29 is 18.0 Å². The van der Waals surface area contributed by atoms with Gasteiger partial charge in [-0.3, -0.25) is 9.59 Å². The number of carbonyl (C=O) groups is 2. The number of amides is 2. The van der Waals surface area contributed by atoms with Crippen LogP contribution in [0.25, 0.3) is 0 Å². The minimum Gasteiger partial charge on any atom is -0.274 e. The van der Waals surface area contributed by atoms with Gasteiger partial charge in [-0.1, -0.05) is 19.4 Å². The lowest BCUT2D eigenvalue weighted by molar-refractivity contribution is -0.129. The molecule has 6 unspecified atom stereocenters. The summed E-state index contributed by atoms with van der Waals surface area (Å²) in [6.07, 6.45) is 5.37. The number of hydrogen-bond acceptors (Lipinski definition) is 4. The van der Waals surface area contributed by atoms with Crippen LogP contribution in [0.5, 0.6) is 0 Å². The van der Waals surface area contributed by atoms with E-state index in [1.807, 2.05) is 6.92 Å². The van der Waals surface area contributed by atoms with Crippen molar-refractivity contribution in [3.8, 4) is 0 Å². The molecule has 2 bridgehead atoms. The lowest BCUT2D eigenvalue weighted by Gasteiger charge is -2.42. The zero-order valence-corrected chi connectivity index (χ0v) is 16.8. The summed E-state index contributed by atoms with van der Waals surface area (Å²) >= 11 is 0. The molecule has 6 nitrogen and oxygen atoms in total. The van der Waals surface area contributed by atoms with Crippen molar-refractivity contribution in [2.24, 2.45) is 40.6 Å². The van der Waals surface area contributed by atoms with Crippen molar-refractivity contribution in [1.29, 1.82) is 0 Å². The zero-order chi connectivity index (χ0) is 19.8. The highest BCUT2D eigenvalue weighted by molar-refractivity contribution is 7.89. The summed E-state index contributed by atoms with van der Waals surface area (Å²) in [6, 6.07) is 4.76. The first-order chi connectivity index (χ1) is 13.3. The number of sulfonamides is 1. The van der Waals surface area contributed by atoms with Crippen LogP contribution in [0.2, 0.25) is 0 Å². The molecule has 1 aromatic rings. The summed E-state index contributed by atoms with van der Waals surface area (Å²) in [6.45, 7) is 2.02. The van der Waals surface area contributed by atoms with E-state index in [2.05, 4.69) is 0 Å². The second-order valence-electron chi connectivity index (χ2n) is 8.93. The lowest BCUT2D eigenvalue weighted by atomic mass is 9.59. The van der Waals surface area contributed by atoms with Gasteiger partial charge in [-0.05, 0) is 73.5 Å². The quantitative estimate of drug-likeness (QED) is 0.765. The Labute approximate surface area is 165 Å². The Morgan fingerprint density at radius 2 is 1.64 bits per heavy atom. The number of fused-ring (bicyclic) bond motifs is 1. The third-order valence-corrected chi connectivity index (χ3v) is 8.58. The Bertz CT molecular complexity index is 939. The van der Waals surface area contributed by atoms with E-state index in [1.54, 1.807) is 12.1 Å². The van der Waals surface area contributed by atoms with Gasteiger partial charge in [0.1, 0.15) is 0 Å². The second kappa shape index (κ2) is 6.13. The summed E-state index contributed by atoms with van der Waals surface area (Å²) in [5.74, 6) is 1.20. The molecule has 28 heavy (non-hydrogen) atoms. The Morgan fingerprint density at radius 3 is 2.18 bits per heavy atom. The number of primary sulfonamides is 1. The summed E-state index contributed by atoms with van der Waals surface area (Å²) in [5.41, 5.74) is 0.933. The number of benzene rings is 1. The zero-order valence-electron chi connectivity index (χ0n) is 16.0. The first-order valence-electron chi connectivity index (χ1n) is 10.4. The summed E-state index contributed by atoms with van der Waals surface area (Å²) in [5, 5.41) is 5.45. The van der Waals surface area contributed by atoms with E-state index in [0.717, 1.165) is 25.7 Å². The van der Waals surface area contributed by atoms with Gasteiger partial charge in [0.2, 0.25) is 21.8 Å². The molecular weight excluding hydrogens is 376 g/mol. The predicted octanol–water partition coefficient (Wildman–Crippen LogP) is 2.46. The van der Waals surface area contributed by atoms with Gasteiger partial charge in [0.25, 0.3) is 0 Å². The Kier molecular flexibility index (Phi) is 4.01. The molecule has 1 saturated heterocycles. The van der Waals surface area contributed by atoms with Crippen molar-refractivity contribution in [3.63, 3.8) is 0 Å². The highest BCUT2D eigenvalue weighted by Crippen LogP contribution is 2.68. The van der Waals surface area contributed by atoms with Crippen LogP contribution in [0.15, 0.2) is 23.1 Å². The molecule has 1 heterocycles. The Morgan fingerprint density at radius 1 is 1.04 bits per heavy atom. The van der Waals surface area contributed by atoms with E-state index >= 15 is 0 Å². The van der Waals surface area contributed by atoms with Crippen LogP contribution < -0.4 is 10.0 Å². The number of unbranched alkanes of at least 4 members (excludes halogenated alkanes) is 1. The number of nitrogens with two attached hydrogens (primary N) is 1. The van der Waals surface area contributed by atoms with Crippen LogP contribution in [0.3, 0.4) is 0 Å². The highest BCUT2D eigenvalue weighted by atomic mass is 32.2. The molecule has 6 atom stereocenters. The van der Waals surface area contributed by atoms with E-state index in [-0.39, 0.29) is 28.5 Å². The van der Waals surface area contributed by atoms with Crippen LogP contribution in [-0.2, 0) is 26.0 Å². The number of anilines is 1. The van der Waals surface area contributed by atoms with E-state index < -0.39 is 10.0 Å². The third kappa shape index (κ3) is 2.45. The van der Waals surface area contributed by atoms with Gasteiger partial charge >= 0.3 is 0 Å². The molecule has 5 fully saturated rings. The van der Waals surface area contributed by atoms with Gasteiger partial charge < -0.3 is 0 Å². The fourth-order valence-electron chi connectivity index (χ4n) is 6.41. The SMILES string of the molecule is CCCCc1c(N2C(=O)C3C4CCC(C5CC54)C3C2=O)cccc1S(N)(=O)=O. The molecule has 5 aliphatic rings.